The van der Waals surface area contributed by atoms with Gasteiger partial charge in [-0.25, -0.2) is 5.43 Å². The highest BCUT2D eigenvalue weighted by molar-refractivity contribution is 5.55. The molecule has 0 atom stereocenters. The van der Waals surface area contributed by atoms with Crippen molar-refractivity contribution in [3.8, 4) is 0 Å². The van der Waals surface area contributed by atoms with Gasteiger partial charge in [-0.15, -0.1) is 0 Å². The van der Waals surface area contributed by atoms with E-state index >= 15 is 0 Å². The highest BCUT2D eigenvalue weighted by Gasteiger charge is 2.01. The molecule has 0 bridgehead atoms. The van der Waals surface area contributed by atoms with Crippen LogP contribution in [0, 0.1) is 20.8 Å². The largest absolute Gasteiger partial charge is 0.371 e. The van der Waals surface area contributed by atoms with Gasteiger partial charge in [-0.2, -0.15) is 0 Å². The highest BCUT2D eigenvalue weighted by atomic mass is 15.3. The summed E-state index contributed by atoms with van der Waals surface area (Å²) in [6.45, 7) is 6.95. The maximum Gasteiger partial charge on any atom is 0.0780 e. The van der Waals surface area contributed by atoms with Crippen LogP contribution >= 0.6 is 0 Å². The molecule has 0 spiro atoms. The van der Waals surface area contributed by atoms with E-state index < -0.39 is 0 Å². The van der Waals surface area contributed by atoms with Gasteiger partial charge in [0.1, 0.15) is 0 Å². The summed E-state index contributed by atoms with van der Waals surface area (Å²) in [5.41, 5.74) is 7.65. The van der Waals surface area contributed by atoms with Crippen LogP contribution in [0.3, 0.4) is 0 Å². The molecule has 0 saturated carbocycles. The van der Waals surface area contributed by atoms with Gasteiger partial charge in [-0.05, 0) is 43.5 Å². The number of benzene rings is 1. The fourth-order valence-electron chi connectivity index (χ4n) is 1.29. The van der Waals surface area contributed by atoms with Crippen LogP contribution in [0.25, 0.3) is 0 Å². The number of hydrazine groups is 1. The summed E-state index contributed by atoms with van der Waals surface area (Å²) in [6.07, 6.45) is 0. The smallest absolute Gasteiger partial charge is 0.0780 e. The van der Waals surface area contributed by atoms with E-state index in [1.165, 1.54) is 16.7 Å². The van der Waals surface area contributed by atoms with Crippen molar-refractivity contribution in [3.63, 3.8) is 0 Å². The lowest BCUT2D eigenvalue weighted by atomic mass is 10.0. The molecule has 0 radical (unpaired) electrons. The van der Waals surface area contributed by atoms with Gasteiger partial charge in [0.25, 0.3) is 0 Å². The summed E-state index contributed by atoms with van der Waals surface area (Å²) >= 11 is 0. The van der Waals surface area contributed by atoms with Crippen LogP contribution in [0.2, 0.25) is 0 Å². The number of aryl methyl sites for hydroxylation is 1. The van der Waals surface area contributed by atoms with Gasteiger partial charge in [0.2, 0.25) is 0 Å². The van der Waals surface area contributed by atoms with Crippen molar-refractivity contribution in [1.29, 1.82) is 0 Å². The maximum atomic E-state index is 5.18. The number of rotatable bonds is 3. The first kappa shape index (κ1) is 10.0. The van der Waals surface area contributed by atoms with Gasteiger partial charge in [0, 0.05) is 5.69 Å². The Balaban J connectivity index is 2.90. The summed E-state index contributed by atoms with van der Waals surface area (Å²) in [5, 5.41) is 3.19. The second-order valence-electron chi connectivity index (χ2n) is 3.24. The number of hydrogen-bond donors (Lipinski definition) is 3. The predicted molar refractivity (Wildman–Crippen MR) is 56.5 cm³/mol. The van der Waals surface area contributed by atoms with E-state index in [1.54, 1.807) is 0 Å². The third kappa shape index (κ3) is 2.20. The minimum Gasteiger partial charge on any atom is -0.371 e. The van der Waals surface area contributed by atoms with Crippen LogP contribution in [-0.4, -0.2) is 6.67 Å². The quantitative estimate of drug-likeness (QED) is 0.374. The lowest BCUT2D eigenvalue weighted by Gasteiger charge is -2.12. The fourth-order valence-corrected chi connectivity index (χ4v) is 1.29. The second-order valence-corrected chi connectivity index (χ2v) is 3.24. The third-order valence-electron chi connectivity index (χ3n) is 2.44. The molecule has 0 aliphatic rings. The molecule has 3 nitrogen and oxygen atoms in total. The average Bonchev–Trinajstić information content (AvgIpc) is 2.13. The summed E-state index contributed by atoms with van der Waals surface area (Å²) in [5.74, 6) is 5.18. The Kier molecular flexibility index (Phi) is 3.28. The normalized spacial score (nSPS) is 10.2. The minimum absolute atomic E-state index is 0.587. The van der Waals surface area contributed by atoms with Gasteiger partial charge >= 0.3 is 0 Å². The second kappa shape index (κ2) is 4.25. The van der Waals surface area contributed by atoms with Crippen molar-refractivity contribution in [2.45, 2.75) is 20.8 Å². The van der Waals surface area contributed by atoms with Crippen molar-refractivity contribution < 1.29 is 0 Å². The van der Waals surface area contributed by atoms with Crippen LogP contribution < -0.4 is 16.6 Å². The van der Waals surface area contributed by atoms with E-state index in [-0.39, 0.29) is 0 Å². The zero-order chi connectivity index (χ0) is 9.84. The van der Waals surface area contributed by atoms with E-state index in [0.717, 1.165) is 5.69 Å². The molecule has 13 heavy (non-hydrogen) atoms. The summed E-state index contributed by atoms with van der Waals surface area (Å²) in [6, 6.07) is 4.19. The molecule has 0 amide bonds. The number of nitrogens with one attached hydrogen (secondary N) is 2. The Morgan fingerprint density at radius 1 is 1.15 bits per heavy atom. The molecule has 1 aromatic rings. The van der Waals surface area contributed by atoms with Crippen molar-refractivity contribution >= 4 is 5.69 Å². The third-order valence-corrected chi connectivity index (χ3v) is 2.44. The van der Waals surface area contributed by atoms with Crippen LogP contribution in [-0.2, 0) is 0 Å². The van der Waals surface area contributed by atoms with Crippen LogP contribution in [0.1, 0.15) is 16.7 Å². The fraction of sp³-hybridized carbons (Fsp3) is 0.400. The number of nitrogens with two attached hydrogens (primary N) is 1. The first-order chi connectivity index (χ1) is 6.16. The SMILES string of the molecule is Cc1ccc(NCNN)c(C)c1C. The van der Waals surface area contributed by atoms with Crippen molar-refractivity contribution in [2.24, 2.45) is 5.84 Å². The first-order valence-corrected chi connectivity index (χ1v) is 4.41. The molecule has 0 saturated heterocycles. The van der Waals surface area contributed by atoms with E-state index in [1.807, 2.05) is 0 Å². The molecule has 1 rings (SSSR count). The van der Waals surface area contributed by atoms with E-state index in [0.29, 0.717) is 6.67 Å². The molecule has 1 aromatic carbocycles. The summed E-state index contributed by atoms with van der Waals surface area (Å²) in [7, 11) is 0. The summed E-state index contributed by atoms with van der Waals surface area (Å²) < 4.78 is 0. The monoisotopic (exact) mass is 179 g/mol. The molecule has 0 aromatic heterocycles. The predicted octanol–water partition coefficient (Wildman–Crippen LogP) is 1.44. The Hall–Kier alpha value is -1.06. The van der Waals surface area contributed by atoms with E-state index in [9.17, 15) is 0 Å². The van der Waals surface area contributed by atoms with E-state index in [2.05, 4.69) is 43.6 Å². The van der Waals surface area contributed by atoms with Gasteiger partial charge in [-0.1, -0.05) is 6.07 Å². The number of anilines is 1. The minimum atomic E-state index is 0.587. The topological polar surface area (TPSA) is 50.1 Å². The Morgan fingerprint density at radius 2 is 1.85 bits per heavy atom. The average molecular weight is 179 g/mol. The Morgan fingerprint density at radius 3 is 2.46 bits per heavy atom. The maximum absolute atomic E-state index is 5.18. The molecule has 72 valence electrons. The molecule has 0 unspecified atom stereocenters. The molecular weight excluding hydrogens is 162 g/mol. The number of hydrogen-bond acceptors (Lipinski definition) is 3. The lowest BCUT2D eigenvalue weighted by molar-refractivity contribution is 0.789. The van der Waals surface area contributed by atoms with Gasteiger partial charge in [0.15, 0.2) is 0 Å². The molecule has 3 heteroatoms. The van der Waals surface area contributed by atoms with Gasteiger partial charge in [0.05, 0.1) is 6.67 Å². The van der Waals surface area contributed by atoms with Crippen LogP contribution in [0.5, 0.6) is 0 Å². The molecule has 0 heterocycles. The van der Waals surface area contributed by atoms with E-state index in [4.69, 9.17) is 5.84 Å². The zero-order valence-corrected chi connectivity index (χ0v) is 8.44. The first-order valence-electron chi connectivity index (χ1n) is 4.41. The highest BCUT2D eigenvalue weighted by Crippen LogP contribution is 2.20. The van der Waals surface area contributed by atoms with Crippen LogP contribution in [0.4, 0.5) is 5.69 Å². The Bertz CT molecular complexity index is 294. The van der Waals surface area contributed by atoms with Gasteiger partial charge in [-0.3, -0.25) is 5.84 Å². The summed E-state index contributed by atoms with van der Waals surface area (Å²) in [4.78, 5) is 0. The van der Waals surface area contributed by atoms with Crippen molar-refractivity contribution in [2.75, 3.05) is 12.0 Å². The lowest BCUT2D eigenvalue weighted by Crippen LogP contribution is -2.28. The standard InChI is InChI=1S/C10H17N3/c1-7-4-5-10(12-6-13-11)9(3)8(7)2/h4-5,12-13H,6,11H2,1-3H3. The van der Waals surface area contributed by atoms with Gasteiger partial charge < -0.3 is 5.32 Å². The molecular formula is C10H17N3. The molecule has 0 fully saturated rings. The molecule has 0 aliphatic heterocycles. The molecule has 0 aliphatic carbocycles. The Labute approximate surface area is 79.3 Å². The zero-order valence-electron chi connectivity index (χ0n) is 8.44. The van der Waals surface area contributed by atoms with Crippen LogP contribution in [0.15, 0.2) is 12.1 Å². The van der Waals surface area contributed by atoms with Crippen molar-refractivity contribution in [3.05, 3.63) is 28.8 Å². The molecule has 4 N–H and O–H groups in total. The van der Waals surface area contributed by atoms with Crippen molar-refractivity contribution in [1.82, 2.24) is 5.43 Å².